The molecule has 1 heterocycles. The molecule has 1 aromatic heterocycles. The van der Waals surface area contributed by atoms with Gasteiger partial charge in [-0.15, -0.1) is 0 Å². The van der Waals surface area contributed by atoms with E-state index in [0.29, 0.717) is 24.4 Å². The molecule has 21 heavy (non-hydrogen) atoms. The highest BCUT2D eigenvalue weighted by atomic mass is 16.3. The first-order valence-corrected chi connectivity index (χ1v) is 7.37. The molecule has 5 nitrogen and oxygen atoms in total. The minimum Gasteiger partial charge on any atom is -0.392 e. The van der Waals surface area contributed by atoms with Crippen LogP contribution in [0, 0.1) is 5.92 Å². The van der Waals surface area contributed by atoms with E-state index in [4.69, 9.17) is 0 Å². The second kappa shape index (κ2) is 5.58. The lowest BCUT2D eigenvalue weighted by atomic mass is 10.2. The fourth-order valence-electron chi connectivity index (χ4n) is 2.66. The molecule has 0 aliphatic heterocycles. The minimum absolute atomic E-state index is 0.0215. The van der Waals surface area contributed by atoms with Gasteiger partial charge in [-0.05, 0) is 37.9 Å². The van der Waals surface area contributed by atoms with Gasteiger partial charge in [0, 0.05) is 13.6 Å². The number of benzene rings is 1. The monoisotopic (exact) mass is 287 g/mol. The molecule has 1 fully saturated rings. The van der Waals surface area contributed by atoms with E-state index in [0.717, 1.165) is 24.2 Å². The van der Waals surface area contributed by atoms with Crippen LogP contribution in [0.2, 0.25) is 0 Å². The van der Waals surface area contributed by atoms with Crippen molar-refractivity contribution in [3.8, 4) is 0 Å². The highest BCUT2D eigenvalue weighted by Crippen LogP contribution is 2.32. The number of para-hydroxylation sites is 1. The molecule has 0 amide bonds. The van der Waals surface area contributed by atoms with E-state index in [-0.39, 0.29) is 11.7 Å². The van der Waals surface area contributed by atoms with Gasteiger partial charge in [0.1, 0.15) is 5.82 Å². The maximum atomic E-state index is 12.3. The Morgan fingerprint density at radius 2 is 2.14 bits per heavy atom. The first kappa shape index (κ1) is 14.2. The molecule has 0 radical (unpaired) electrons. The molecule has 0 saturated heterocycles. The summed E-state index contributed by atoms with van der Waals surface area (Å²) in [5, 5.41) is 10.6. The molecule has 1 unspecified atom stereocenters. The van der Waals surface area contributed by atoms with Crippen LogP contribution in [0.15, 0.2) is 29.1 Å². The van der Waals surface area contributed by atoms with Crippen molar-refractivity contribution in [3.63, 3.8) is 0 Å². The Bertz CT molecular complexity index is 706. The third kappa shape index (κ3) is 2.99. The lowest BCUT2D eigenvalue weighted by molar-refractivity contribution is 0.102. The average molecular weight is 287 g/mol. The van der Waals surface area contributed by atoms with Gasteiger partial charge < -0.3 is 5.11 Å². The lowest BCUT2D eigenvalue weighted by Crippen LogP contribution is -2.33. The molecular weight excluding hydrogens is 266 g/mol. The molecule has 0 bridgehead atoms. The van der Waals surface area contributed by atoms with Crippen molar-refractivity contribution in [1.29, 1.82) is 0 Å². The Hall–Kier alpha value is -1.72. The lowest BCUT2D eigenvalue weighted by Gasteiger charge is -2.21. The van der Waals surface area contributed by atoms with Crippen LogP contribution >= 0.6 is 0 Å². The summed E-state index contributed by atoms with van der Waals surface area (Å²) in [4.78, 5) is 18.9. The summed E-state index contributed by atoms with van der Waals surface area (Å²) in [7, 11) is 3.70. The summed E-state index contributed by atoms with van der Waals surface area (Å²) in [5.74, 6) is 1.19. The topological polar surface area (TPSA) is 58.4 Å². The molecule has 112 valence electrons. The van der Waals surface area contributed by atoms with Crippen molar-refractivity contribution >= 4 is 10.9 Å². The van der Waals surface area contributed by atoms with Gasteiger partial charge in [-0.25, -0.2) is 4.98 Å². The standard InChI is InChI=1S/C16H21N3O2/c1-18(9-14(20)11-7-8-11)10-15-17-13-6-4-3-5-12(13)16(21)19(15)2/h3-6,11,14,20H,7-10H2,1-2H3. The number of aromatic nitrogens is 2. The Morgan fingerprint density at radius 3 is 2.86 bits per heavy atom. The van der Waals surface area contributed by atoms with Crippen molar-refractivity contribution in [2.24, 2.45) is 13.0 Å². The summed E-state index contributed by atoms with van der Waals surface area (Å²) >= 11 is 0. The Balaban J connectivity index is 1.82. The van der Waals surface area contributed by atoms with Crippen LogP contribution in [0.25, 0.3) is 10.9 Å². The average Bonchev–Trinajstić information content (AvgIpc) is 3.29. The zero-order valence-electron chi connectivity index (χ0n) is 12.5. The van der Waals surface area contributed by atoms with Crippen LogP contribution < -0.4 is 5.56 Å². The molecular formula is C16H21N3O2. The van der Waals surface area contributed by atoms with E-state index in [9.17, 15) is 9.90 Å². The summed E-state index contributed by atoms with van der Waals surface area (Å²) in [6.07, 6.45) is 1.98. The number of aliphatic hydroxyl groups is 1. The zero-order valence-corrected chi connectivity index (χ0v) is 12.5. The second-order valence-corrected chi connectivity index (χ2v) is 6.01. The van der Waals surface area contributed by atoms with Gasteiger partial charge in [0.15, 0.2) is 0 Å². The van der Waals surface area contributed by atoms with Crippen LogP contribution in [-0.2, 0) is 13.6 Å². The van der Waals surface area contributed by atoms with E-state index in [1.54, 1.807) is 17.7 Å². The summed E-state index contributed by atoms with van der Waals surface area (Å²) in [6.45, 7) is 1.17. The number of nitrogens with zero attached hydrogens (tertiary/aromatic N) is 3. The molecule has 1 N–H and O–H groups in total. The van der Waals surface area contributed by atoms with E-state index in [1.807, 2.05) is 30.1 Å². The van der Waals surface area contributed by atoms with Gasteiger partial charge in [0.2, 0.25) is 0 Å². The predicted octanol–water partition coefficient (Wildman–Crippen LogP) is 1.14. The molecule has 5 heteroatoms. The molecule has 1 atom stereocenters. The van der Waals surface area contributed by atoms with E-state index in [2.05, 4.69) is 4.98 Å². The Morgan fingerprint density at radius 1 is 1.43 bits per heavy atom. The van der Waals surface area contributed by atoms with Crippen molar-refractivity contribution in [2.75, 3.05) is 13.6 Å². The van der Waals surface area contributed by atoms with Gasteiger partial charge in [-0.3, -0.25) is 14.3 Å². The van der Waals surface area contributed by atoms with Gasteiger partial charge >= 0.3 is 0 Å². The quantitative estimate of drug-likeness (QED) is 0.896. The second-order valence-electron chi connectivity index (χ2n) is 6.01. The van der Waals surface area contributed by atoms with Crippen LogP contribution in [0.3, 0.4) is 0 Å². The number of rotatable bonds is 5. The number of hydrogen-bond acceptors (Lipinski definition) is 4. The first-order valence-electron chi connectivity index (χ1n) is 7.37. The Kier molecular flexibility index (Phi) is 3.78. The van der Waals surface area contributed by atoms with E-state index >= 15 is 0 Å². The SMILES string of the molecule is CN(Cc1nc2ccccc2c(=O)n1C)CC(O)C1CC1. The predicted molar refractivity (Wildman–Crippen MR) is 82.0 cm³/mol. The largest absolute Gasteiger partial charge is 0.392 e. The minimum atomic E-state index is -0.271. The molecule has 2 aromatic rings. The zero-order chi connectivity index (χ0) is 15.0. The highest BCUT2D eigenvalue weighted by Gasteiger charge is 2.30. The molecule has 1 aliphatic carbocycles. The molecule has 1 saturated carbocycles. The number of aliphatic hydroxyl groups excluding tert-OH is 1. The maximum absolute atomic E-state index is 12.3. The van der Waals surface area contributed by atoms with Crippen LogP contribution in [0.1, 0.15) is 18.7 Å². The number of hydrogen-bond donors (Lipinski definition) is 1. The van der Waals surface area contributed by atoms with Gasteiger partial charge in [-0.1, -0.05) is 12.1 Å². The van der Waals surface area contributed by atoms with Gasteiger partial charge in [0.05, 0.1) is 23.6 Å². The van der Waals surface area contributed by atoms with Gasteiger partial charge in [-0.2, -0.15) is 0 Å². The molecule has 3 rings (SSSR count). The summed E-state index contributed by atoms with van der Waals surface area (Å²) < 4.78 is 1.60. The third-order valence-electron chi connectivity index (χ3n) is 4.15. The smallest absolute Gasteiger partial charge is 0.261 e. The summed E-state index contributed by atoms with van der Waals surface area (Å²) in [5.41, 5.74) is 0.707. The fraction of sp³-hybridized carbons (Fsp3) is 0.500. The van der Waals surface area contributed by atoms with E-state index < -0.39 is 0 Å². The van der Waals surface area contributed by atoms with Crippen LogP contribution in [-0.4, -0.2) is 39.3 Å². The fourth-order valence-corrected chi connectivity index (χ4v) is 2.66. The number of fused-ring (bicyclic) bond motifs is 1. The van der Waals surface area contributed by atoms with E-state index in [1.165, 1.54) is 0 Å². The molecule has 1 aliphatic rings. The Labute approximate surface area is 123 Å². The van der Waals surface area contributed by atoms with Crippen molar-refractivity contribution < 1.29 is 5.11 Å². The maximum Gasteiger partial charge on any atom is 0.261 e. The van der Waals surface area contributed by atoms with Gasteiger partial charge in [0.25, 0.3) is 5.56 Å². The van der Waals surface area contributed by atoms with Crippen molar-refractivity contribution in [2.45, 2.75) is 25.5 Å². The molecule has 0 spiro atoms. The highest BCUT2D eigenvalue weighted by molar-refractivity contribution is 5.77. The third-order valence-corrected chi connectivity index (χ3v) is 4.15. The van der Waals surface area contributed by atoms with Crippen LogP contribution in [0.4, 0.5) is 0 Å². The van der Waals surface area contributed by atoms with Crippen molar-refractivity contribution in [3.05, 3.63) is 40.4 Å². The molecule has 1 aromatic carbocycles. The van der Waals surface area contributed by atoms with Crippen molar-refractivity contribution in [1.82, 2.24) is 14.5 Å². The van der Waals surface area contributed by atoms with Crippen LogP contribution in [0.5, 0.6) is 0 Å². The first-order chi connectivity index (χ1) is 10.1. The number of likely N-dealkylation sites (N-methyl/N-ethyl adjacent to an activating group) is 1. The summed E-state index contributed by atoms with van der Waals surface area (Å²) in [6, 6.07) is 7.40. The normalized spacial score (nSPS) is 16.6.